The van der Waals surface area contributed by atoms with Crippen molar-refractivity contribution in [3.63, 3.8) is 0 Å². The van der Waals surface area contributed by atoms with E-state index in [9.17, 15) is 28.1 Å². The Balaban J connectivity index is 2.09. The Morgan fingerprint density at radius 2 is 2.00 bits per heavy atom. The number of amides is 1. The quantitative estimate of drug-likeness (QED) is 0.475. The topological polar surface area (TPSA) is 96.0 Å². The van der Waals surface area contributed by atoms with Crippen LogP contribution >= 0.6 is 11.8 Å². The number of nitro benzene ring substituents is 1. The smallest absolute Gasteiger partial charge is 0.325 e. The molecule has 0 unspecified atom stereocenters. The maximum atomic E-state index is 12.7. The van der Waals surface area contributed by atoms with Gasteiger partial charge in [0.25, 0.3) is 5.69 Å². The number of hydrogen-bond acceptors (Lipinski definition) is 5. The SMILES string of the molecule is N#Cc1cccc(NC(=O)CSc2ccc(C(F)(F)F)cc2[N+](=O)[O-])c1. The van der Waals surface area contributed by atoms with Gasteiger partial charge >= 0.3 is 6.18 Å². The highest BCUT2D eigenvalue weighted by atomic mass is 32.2. The molecule has 26 heavy (non-hydrogen) atoms. The van der Waals surface area contributed by atoms with E-state index in [4.69, 9.17) is 5.26 Å². The fourth-order valence-corrected chi connectivity index (χ4v) is 2.77. The van der Waals surface area contributed by atoms with Gasteiger partial charge in [-0.25, -0.2) is 0 Å². The van der Waals surface area contributed by atoms with Crippen molar-refractivity contribution < 1.29 is 22.9 Å². The number of carbonyl (C=O) groups is 1. The molecular weight excluding hydrogens is 371 g/mol. The van der Waals surface area contributed by atoms with Crippen LogP contribution in [0.5, 0.6) is 0 Å². The van der Waals surface area contributed by atoms with E-state index in [-0.39, 0.29) is 10.6 Å². The van der Waals surface area contributed by atoms with Crippen LogP contribution in [0.2, 0.25) is 0 Å². The third kappa shape index (κ3) is 4.97. The third-order valence-electron chi connectivity index (χ3n) is 3.12. The summed E-state index contributed by atoms with van der Waals surface area (Å²) in [5.74, 6) is -0.762. The zero-order valence-electron chi connectivity index (χ0n) is 12.9. The van der Waals surface area contributed by atoms with Crippen LogP contribution in [-0.2, 0) is 11.0 Å². The van der Waals surface area contributed by atoms with Crippen LogP contribution in [0.15, 0.2) is 47.4 Å². The highest BCUT2D eigenvalue weighted by molar-refractivity contribution is 8.00. The molecule has 0 aliphatic carbocycles. The average molecular weight is 381 g/mol. The molecule has 6 nitrogen and oxygen atoms in total. The molecule has 0 aliphatic rings. The highest BCUT2D eigenvalue weighted by Crippen LogP contribution is 2.36. The van der Waals surface area contributed by atoms with Crippen molar-refractivity contribution in [2.45, 2.75) is 11.1 Å². The molecule has 0 fully saturated rings. The maximum absolute atomic E-state index is 12.7. The van der Waals surface area contributed by atoms with Crippen LogP contribution in [-0.4, -0.2) is 16.6 Å². The van der Waals surface area contributed by atoms with Crippen molar-refractivity contribution in [3.05, 3.63) is 63.7 Å². The molecule has 0 spiro atoms. The van der Waals surface area contributed by atoms with Gasteiger partial charge < -0.3 is 5.32 Å². The molecule has 1 N–H and O–H groups in total. The molecule has 2 aromatic carbocycles. The number of anilines is 1. The molecule has 2 aromatic rings. The van der Waals surface area contributed by atoms with Gasteiger partial charge in [0.2, 0.25) is 5.91 Å². The number of halogens is 3. The van der Waals surface area contributed by atoms with E-state index >= 15 is 0 Å². The van der Waals surface area contributed by atoms with Crippen molar-refractivity contribution >= 4 is 29.0 Å². The fourth-order valence-electron chi connectivity index (χ4n) is 1.97. The molecule has 2 rings (SSSR count). The summed E-state index contributed by atoms with van der Waals surface area (Å²) >= 11 is 0.746. The van der Waals surface area contributed by atoms with Crippen molar-refractivity contribution in [1.29, 1.82) is 5.26 Å². The lowest BCUT2D eigenvalue weighted by Gasteiger charge is -2.09. The van der Waals surface area contributed by atoms with Gasteiger partial charge in [-0.05, 0) is 30.3 Å². The van der Waals surface area contributed by atoms with E-state index in [0.29, 0.717) is 17.3 Å². The Hall–Kier alpha value is -3.06. The molecule has 0 heterocycles. The van der Waals surface area contributed by atoms with E-state index in [0.717, 1.165) is 23.9 Å². The number of alkyl halides is 3. The van der Waals surface area contributed by atoms with Gasteiger partial charge in [0.15, 0.2) is 0 Å². The predicted molar refractivity (Wildman–Crippen MR) is 88.6 cm³/mol. The minimum atomic E-state index is -4.70. The molecule has 0 bridgehead atoms. The molecule has 0 aliphatic heterocycles. The molecule has 0 saturated carbocycles. The first-order valence-electron chi connectivity index (χ1n) is 6.99. The van der Waals surface area contributed by atoms with Gasteiger partial charge in [0, 0.05) is 11.8 Å². The Kier molecular flexibility index (Phi) is 5.84. The second-order valence-corrected chi connectivity index (χ2v) is 5.98. The number of nitrogens with one attached hydrogen (secondary N) is 1. The van der Waals surface area contributed by atoms with E-state index in [1.165, 1.54) is 6.07 Å². The molecule has 0 atom stereocenters. The fraction of sp³-hybridized carbons (Fsp3) is 0.125. The summed E-state index contributed by atoms with van der Waals surface area (Å²) in [6.07, 6.45) is -4.70. The number of nitro groups is 1. The van der Waals surface area contributed by atoms with Gasteiger partial charge in [0.05, 0.1) is 32.8 Å². The Labute approximate surface area is 149 Å². The van der Waals surface area contributed by atoms with Crippen LogP contribution < -0.4 is 5.32 Å². The maximum Gasteiger partial charge on any atom is 0.416 e. The van der Waals surface area contributed by atoms with Gasteiger partial charge in [-0.1, -0.05) is 6.07 Å². The lowest BCUT2D eigenvalue weighted by Crippen LogP contribution is -2.14. The Morgan fingerprint density at radius 1 is 1.27 bits per heavy atom. The lowest BCUT2D eigenvalue weighted by atomic mass is 10.2. The number of nitriles is 1. The Bertz CT molecular complexity index is 894. The predicted octanol–water partition coefficient (Wildman–Crippen LogP) is 4.22. The number of rotatable bonds is 5. The summed E-state index contributed by atoms with van der Waals surface area (Å²) in [6.45, 7) is 0. The molecule has 0 aromatic heterocycles. The molecule has 10 heteroatoms. The minimum absolute atomic E-state index is 0.0519. The van der Waals surface area contributed by atoms with Crippen molar-refractivity contribution in [3.8, 4) is 6.07 Å². The summed E-state index contributed by atoms with van der Waals surface area (Å²) in [5.41, 5.74) is -1.14. The number of benzene rings is 2. The minimum Gasteiger partial charge on any atom is -0.325 e. The zero-order valence-corrected chi connectivity index (χ0v) is 13.7. The van der Waals surface area contributed by atoms with Gasteiger partial charge in [-0.3, -0.25) is 14.9 Å². The molecule has 0 radical (unpaired) electrons. The molecule has 1 amide bonds. The second-order valence-electron chi connectivity index (χ2n) is 4.97. The largest absolute Gasteiger partial charge is 0.416 e. The number of hydrogen-bond donors (Lipinski definition) is 1. The average Bonchev–Trinajstić information content (AvgIpc) is 2.59. The molecular formula is C16H10F3N3O3S. The number of nitrogens with zero attached hydrogens (tertiary/aromatic N) is 2. The van der Waals surface area contributed by atoms with Crippen LogP contribution in [0, 0.1) is 21.4 Å². The van der Waals surface area contributed by atoms with Gasteiger partial charge in [-0.15, -0.1) is 11.8 Å². The summed E-state index contributed by atoms with van der Waals surface area (Å²) < 4.78 is 38.0. The van der Waals surface area contributed by atoms with Crippen molar-refractivity contribution in [2.75, 3.05) is 11.1 Å². The zero-order chi connectivity index (χ0) is 19.3. The summed E-state index contributed by atoms with van der Waals surface area (Å²) in [4.78, 5) is 22.0. The van der Waals surface area contributed by atoms with Crippen molar-refractivity contribution in [2.24, 2.45) is 0 Å². The first-order chi connectivity index (χ1) is 12.2. The first kappa shape index (κ1) is 19.3. The molecule has 0 saturated heterocycles. The second kappa shape index (κ2) is 7.88. The first-order valence-corrected chi connectivity index (χ1v) is 7.97. The van der Waals surface area contributed by atoms with E-state index < -0.39 is 28.3 Å². The van der Waals surface area contributed by atoms with Gasteiger partial charge in [-0.2, -0.15) is 18.4 Å². The monoisotopic (exact) mass is 381 g/mol. The van der Waals surface area contributed by atoms with Crippen molar-refractivity contribution in [1.82, 2.24) is 0 Å². The standard InChI is InChI=1S/C16H10F3N3O3S/c17-16(18,19)11-4-5-14(13(7-11)22(24)25)26-9-15(23)21-12-3-1-2-10(6-12)8-20/h1-7H,9H2,(H,21,23). The number of thioether (sulfide) groups is 1. The lowest BCUT2D eigenvalue weighted by molar-refractivity contribution is -0.388. The van der Waals surface area contributed by atoms with Gasteiger partial charge in [0.1, 0.15) is 0 Å². The van der Waals surface area contributed by atoms with Crippen LogP contribution in [0.1, 0.15) is 11.1 Å². The van der Waals surface area contributed by atoms with Crippen LogP contribution in [0.25, 0.3) is 0 Å². The van der Waals surface area contributed by atoms with E-state index in [1.807, 2.05) is 6.07 Å². The van der Waals surface area contributed by atoms with Crippen LogP contribution in [0.3, 0.4) is 0 Å². The van der Waals surface area contributed by atoms with E-state index in [2.05, 4.69) is 5.32 Å². The molecule has 134 valence electrons. The summed E-state index contributed by atoms with van der Waals surface area (Å²) in [7, 11) is 0. The van der Waals surface area contributed by atoms with Crippen LogP contribution in [0.4, 0.5) is 24.5 Å². The highest BCUT2D eigenvalue weighted by Gasteiger charge is 2.33. The summed E-state index contributed by atoms with van der Waals surface area (Å²) in [6, 6.07) is 10.2. The Morgan fingerprint density at radius 3 is 2.62 bits per heavy atom. The third-order valence-corrected chi connectivity index (χ3v) is 4.18. The number of carbonyl (C=O) groups excluding carboxylic acids is 1. The normalized spacial score (nSPS) is 10.8. The summed E-state index contributed by atoms with van der Waals surface area (Å²) in [5, 5.41) is 22.3. The van der Waals surface area contributed by atoms with E-state index in [1.54, 1.807) is 18.2 Å².